The molecule has 1 aliphatic heterocycles. The molecule has 1 heterocycles. The third-order valence-electron chi connectivity index (χ3n) is 3.81. The molecule has 1 aromatic rings. The largest absolute Gasteiger partial charge is 0.495 e. The third-order valence-corrected chi connectivity index (χ3v) is 4.04. The van der Waals surface area contributed by atoms with Crippen LogP contribution in [0.15, 0.2) is 18.2 Å². The highest BCUT2D eigenvalue weighted by Gasteiger charge is 2.31. The van der Waals surface area contributed by atoms with Crippen LogP contribution >= 0.6 is 11.6 Å². The molecule has 3 amide bonds. The summed E-state index contributed by atoms with van der Waals surface area (Å²) in [4.78, 5) is 36.3. The smallest absolute Gasteiger partial charge is 0.340 e. The van der Waals surface area contributed by atoms with Gasteiger partial charge in [0.15, 0.2) is 0 Å². The summed E-state index contributed by atoms with van der Waals surface area (Å²) in [7, 11) is 1.49. The maximum absolute atomic E-state index is 12.6. The van der Waals surface area contributed by atoms with Gasteiger partial charge in [-0.1, -0.05) is 11.6 Å². The number of nitrogens with one attached hydrogen (secondary N) is 1. The summed E-state index contributed by atoms with van der Waals surface area (Å²) < 4.78 is 10.0. The van der Waals surface area contributed by atoms with Crippen molar-refractivity contribution < 1.29 is 23.9 Å². The lowest BCUT2D eigenvalue weighted by Gasteiger charge is -2.28. The van der Waals surface area contributed by atoms with E-state index in [4.69, 9.17) is 21.1 Å². The van der Waals surface area contributed by atoms with E-state index < -0.39 is 12.0 Å². The number of urea groups is 1. The zero-order chi connectivity index (χ0) is 19.1. The first-order valence-electron chi connectivity index (χ1n) is 8.34. The second kappa shape index (κ2) is 9.28. The number of ether oxygens (including phenoxy) is 2. The van der Waals surface area contributed by atoms with Gasteiger partial charge in [-0.3, -0.25) is 14.6 Å². The second-order valence-electron chi connectivity index (χ2n) is 5.57. The number of halogens is 1. The van der Waals surface area contributed by atoms with Crippen LogP contribution in [0.2, 0.25) is 5.02 Å². The predicted molar refractivity (Wildman–Crippen MR) is 95.9 cm³/mol. The number of nitrogens with zero attached hydrogens (tertiary/aromatic N) is 2. The molecule has 0 radical (unpaired) electrons. The van der Waals surface area contributed by atoms with Crippen molar-refractivity contribution in [2.24, 2.45) is 0 Å². The van der Waals surface area contributed by atoms with Crippen LogP contribution in [0, 0.1) is 0 Å². The molecule has 0 saturated carbocycles. The quantitative estimate of drug-likeness (QED) is 0.763. The molecule has 1 fully saturated rings. The Labute approximate surface area is 156 Å². The topological polar surface area (TPSA) is 88.2 Å². The van der Waals surface area contributed by atoms with Gasteiger partial charge in [0.2, 0.25) is 5.91 Å². The van der Waals surface area contributed by atoms with Gasteiger partial charge >= 0.3 is 12.0 Å². The fourth-order valence-corrected chi connectivity index (χ4v) is 2.78. The Hall–Kier alpha value is -2.48. The Balaban J connectivity index is 2.00. The molecule has 1 aromatic carbocycles. The Bertz CT molecular complexity index is 682. The van der Waals surface area contributed by atoms with Gasteiger partial charge in [0.05, 0.1) is 25.8 Å². The van der Waals surface area contributed by atoms with Crippen LogP contribution in [-0.4, -0.2) is 54.7 Å². The molecule has 0 spiro atoms. The number of esters is 1. The van der Waals surface area contributed by atoms with Crippen molar-refractivity contribution in [1.82, 2.24) is 10.0 Å². The van der Waals surface area contributed by atoms with Crippen molar-refractivity contribution in [3.05, 3.63) is 23.2 Å². The number of benzene rings is 1. The minimum atomic E-state index is -0.465. The number of methoxy groups -OCH3 is 1. The number of rotatable bonds is 6. The monoisotopic (exact) mass is 383 g/mol. The molecule has 2 rings (SSSR count). The van der Waals surface area contributed by atoms with E-state index in [0.717, 1.165) is 0 Å². The van der Waals surface area contributed by atoms with Crippen molar-refractivity contribution >= 4 is 35.2 Å². The van der Waals surface area contributed by atoms with Crippen LogP contribution in [-0.2, 0) is 14.3 Å². The van der Waals surface area contributed by atoms with E-state index in [2.05, 4.69) is 5.32 Å². The molecule has 142 valence electrons. The van der Waals surface area contributed by atoms with E-state index in [9.17, 15) is 14.4 Å². The molecule has 1 N–H and O–H groups in total. The van der Waals surface area contributed by atoms with Gasteiger partial charge in [-0.15, -0.1) is 0 Å². The molecule has 1 saturated heterocycles. The average molecular weight is 384 g/mol. The van der Waals surface area contributed by atoms with Crippen molar-refractivity contribution in [1.29, 1.82) is 0 Å². The molecule has 9 heteroatoms. The molecule has 0 aliphatic carbocycles. The molecule has 0 bridgehead atoms. The Kier molecular flexibility index (Phi) is 7.08. The Morgan fingerprint density at radius 1 is 1.19 bits per heavy atom. The summed E-state index contributed by atoms with van der Waals surface area (Å²) in [6.45, 7) is 2.80. The summed E-state index contributed by atoms with van der Waals surface area (Å²) in [6, 6.07) is 4.40. The third kappa shape index (κ3) is 5.01. The molecular formula is C17H22ClN3O5. The van der Waals surface area contributed by atoms with Crippen LogP contribution in [0.3, 0.4) is 0 Å². The standard InChI is InChI=1S/C17H22ClN3O5/c1-3-26-16(23)8-7-15(22)20-9-4-10-21(20)17(24)19-13-11-12(18)5-6-14(13)25-2/h5-6,11H,3-4,7-10H2,1-2H3,(H,19,24). The molecule has 1 aliphatic rings. The first-order valence-corrected chi connectivity index (χ1v) is 8.72. The Morgan fingerprint density at radius 2 is 1.92 bits per heavy atom. The number of anilines is 1. The van der Waals surface area contributed by atoms with Crippen LogP contribution in [0.5, 0.6) is 5.75 Å². The minimum absolute atomic E-state index is 0.0108. The van der Waals surface area contributed by atoms with Gasteiger partial charge in [-0.25, -0.2) is 9.80 Å². The first-order chi connectivity index (χ1) is 12.5. The summed E-state index contributed by atoms with van der Waals surface area (Å²) in [5.74, 6) is -0.273. The zero-order valence-electron chi connectivity index (χ0n) is 14.8. The maximum Gasteiger partial charge on any atom is 0.340 e. The van der Waals surface area contributed by atoms with Gasteiger partial charge in [0, 0.05) is 24.5 Å². The van der Waals surface area contributed by atoms with E-state index >= 15 is 0 Å². The van der Waals surface area contributed by atoms with E-state index in [-0.39, 0.29) is 25.4 Å². The molecule has 26 heavy (non-hydrogen) atoms. The van der Waals surface area contributed by atoms with Crippen molar-refractivity contribution in [2.45, 2.75) is 26.2 Å². The van der Waals surface area contributed by atoms with E-state index in [1.807, 2.05) is 0 Å². The molecule has 0 atom stereocenters. The van der Waals surface area contributed by atoms with Gasteiger partial charge in [0.1, 0.15) is 5.75 Å². The molecule has 0 unspecified atom stereocenters. The Morgan fingerprint density at radius 3 is 2.62 bits per heavy atom. The van der Waals surface area contributed by atoms with E-state index in [0.29, 0.717) is 36.0 Å². The zero-order valence-corrected chi connectivity index (χ0v) is 15.5. The van der Waals surface area contributed by atoms with Crippen LogP contribution in [0.4, 0.5) is 10.5 Å². The predicted octanol–water partition coefficient (Wildman–Crippen LogP) is 2.67. The summed E-state index contributed by atoms with van der Waals surface area (Å²) >= 11 is 5.96. The average Bonchev–Trinajstić information content (AvgIpc) is 3.10. The van der Waals surface area contributed by atoms with E-state index in [1.54, 1.807) is 25.1 Å². The molecule has 0 aromatic heterocycles. The number of amides is 3. The summed E-state index contributed by atoms with van der Waals surface area (Å²) in [5.41, 5.74) is 0.413. The summed E-state index contributed by atoms with van der Waals surface area (Å²) in [5, 5.41) is 5.84. The van der Waals surface area contributed by atoms with Crippen molar-refractivity contribution in [2.75, 3.05) is 32.1 Å². The second-order valence-corrected chi connectivity index (χ2v) is 6.01. The lowest BCUT2D eigenvalue weighted by Crippen LogP contribution is -2.46. The van der Waals surface area contributed by atoms with Crippen molar-refractivity contribution in [3.8, 4) is 5.75 Å². The van der Waals surface area contributed by atoms with Gasteiger partial charge in [-0.2, -0.15) is 0 Å². The van der Waals surface area contributed by atoms with E-state index in [1.165, 1.54) is 17.1 Å². The maximum atomic E-state index is 12.6. The van der Waals surface area contributed by atoms with Crippen LogP contribution in [0.1, 0.15) is 26.2 Å². The highest BCUT2D eigenvalue weighted by molar-refractivity contribution is 6.31. The number of hydrazine groups is 1. The first kappa shape index (κ1) is 19.8. The number of hydrogen-bond donors (Lipinski definition) is 1. The molecule has 8 nitrogen and oxygen atoms in total. The van der Waals surface area contributed by atoms with Crippen molar-refractivity contribution in [3.63, 3.8) is 0 Å². The SMILES string of the molecule is CCOC(=O)CCC(=O)N1CCCN1C(=O)Nc1cc(Cl)ccc1OC. The number of carbonyl (C=O) groups is 3. The van der Waals surface area contributed by atoms with Gasteiger partial charge in [0.25, 0.3) is 0 Å². The van der Waals surface area contributed by atoms with Crippen LogP contribution < -0.4 is 10.1 Å². The normalized spacial score (nSPS) is 13.5. The fourth-order valence-electron chi connectivity index (χ4n) is 2.61. The summed E-state index contributed by atoms with van der Waals surface area (Å²) in [6.07, 6.45) is 0.634. The molecular weight excluding hydrogens is 362 g/mol. The number of hydrogen-bond acceptors (Lipinski definition) is 5. The highest BCUT2D eigenvalue weighted by Crippen LogP contribution is 2.28. The highest BCUT2D eigenvalue weighted by atomic mass is 35.5. The number of carbonyl (C=O) groups excluding carboxylic acids is 3. The van der Waals surface area contributed by atoms with Gasteiger partial charge in [-0.05, 0) is 31.5 Å². The fraction of sp³-hybridized carbons (Fsp3) is 0.471. The van der Waals surface area contributed by atoms with Crippen LogP contribution in [0.25, 0.3) is 0 Å². The lowest BCUT2D eigenvalue weighted by molar-refractivity contribution is -0.148. The minimum Gasteiger partial charge on any atom is -0.495 e. The lowest BCUT2D eigenvalue weighted by atomic mass is 10.3. The van der Waals surface area contributed by atoms with Gasteiger partial charge < -0.3 is 14.8 Å².